The second-order valence-electron chi connectivity index (χ2n) is 8.12. The average molecular weight is 574 g/mol. The zero-order valence-electron chi connectivity index (χ0n) is 20.1. The Balaban J connectivity index is 1.78. The Kier molecular flexibility index (Phi) is 7.89. The van der Waals surface area contributed by atoms with Crippen LogP contribution in [0.25, 0.3) is 10.8 Å². The summed E-state index contributed by atoms with van der Waals surface area (Å²) in [6.07, 6.45) is 0. The smallest absolute Gasteiger partial charge is 0.296 e. The van der Waals surface area contributed by atoms with E-state index in [1.165, 1.54) is 31.2 Å². The van der Waals surface area contributed by atoms with Gasteiger partial charge in [0.05, 0.1) is 28.6 Å². The SMILES string of the molecule is CCOc1ccc(Cl)cc1NC(=O)c1cc2ccccc2c(N=Nc2cc(C)c(S(=O)(=O)O)c(Cl)c2)c1O. The molecule has 1 amide bonds. The first-order chi connectivity index (χ1) is 18.0. The Hall–Kier alpha value is -3.70. The molecule has 0 atom stereocenters. The van der Waals surface area contributed by atoms with Gasteiger partial charge in [0.15, 0.2) is 5.75 Å². The molecule has 0 radical (unpaired) electrons. The van der Waals surface area contributed by atoms with Crippen LogP contribution < -0.4 is 10.1 Å². The lowest BCUT2D eigenvalue weighted by Gasteiger charge is -2.14. The summed E-state index contributed by atoms with van der Waals surface area (Å²) < 4.78 is 38.1. The number of carbonyl (C=O) groups excluding carboxylic acids is 1. The fraction of sp³-hybridized carbons (Fsp3) is 0.115. The van der Waals surface area contributed by atoms with Gasteiger partial charge in [-0.3, -0.25) is 9.35 Å². The van der Waals surface area contributed by atoms with Crippen LogP contribution in [0.3, 0.4) is 0 Å². The molecule has 4 rings (SSSR count). The number of aryl methyl sites for hydroxylation is 1. The minimum Gasteiger partial charge on any atom is -0.505 e. The van der Waals surface area contributed by atoms with Crippen molar-refractivity contribution in [3.8, 4) is 11.5 Å². The molecule has 12 heteroatoms. The van der Waals surface area contributed by atoms with Gasteiger partial charge in [0.25, 0.3) is 16.0 Å². The fourth-order valence-corrected chi connectivity index (χ4v) is 5.36. The quantitative estimate of drug-likeness (QED) is 0.155. The van der Waals surface area contributed by atoms with E-state index in [-0.39, 0.29) is 27.5 Å². The van der Waals surface area contributed by atoms with E-state index in [4.69, 9.17) is 27.9 Å². The molecule has 0 aliphatic heterocycles. The second-order valence-corrected chi connectivity index (χ2v) is 10.3. The second kappa shape index (κ2) is 11.0. The number of anilines is 1. The van der Waals surface area contributed by atoms with Crippen LogP contribution >= 0.6 is 23.2 Å². The van der Waals surface area contributed by atoms with E-state index in [2.05, 4.69) is 15.5 Å². The third kappa shape index (κ3) is 5.73. The van der Waals surface area contributed by atoms with E-state index in [0.717, 1.165) is 0 Å². The Bertz CT molecular complexity index is 1680. The summed E-state index contributed by atoms with van der Waals surface area (Å²) in [7, 11) is -4.54. The largest absolute Gasteiger partial charge is 0.505 e. The third-order valence-electron chi connectivity index (χ3n) is 5.47. The molecule has 0 fully saturated rings. The monoisotopic (exact) mass is 573 g/mol. The summed E-state index contributed by atoms with van der Waals surface area (Å²) in [5.41, 5.74) is 0.582. The number of phenolic OH excluding ortho intramolecular Hbond substituents is 1. The summed E-state index contributed by atoms with van der Waals surface area (Å²) in [5, 5.41) is 23.3. The number of hydrogen-bond donors (Lipinski definition) is 3. The zero-order valence-corrected chi connectivity index (χ0v) is 22.4. The number of aromatic hydroxyl groups is 1. The van der Waals surface area contributed by atoms with Gasteiger partial charge >= 0.3 is 0 Å². The number of nitrogens with one attached hydrogen (secondary N) is 1. The highest BCUT2D eigenvalue weighted by Crippen LogP contribution is 2.40. The van der Waals surface area contributed by atoms with Gasteiger partial charge in [-0.05, 0) is 61.2 Å². The first-order valence-corrected chi connectivity index (χ1v) is 13.4. The third-order valence-corrected chi connectivity index (χ3v) is 7.17. The van der Waals surface area contributed by atoms with Crippen LogP contribution in [0, 0.1) is 6.92 Å². The van der Waals surface area contributed by atoms with Gasteiger partial charge in [0.2, 0.25) is 0 Å². The molecule has 0 saturated carbocycles. The molecule has 4 aromatic rings. The first kappa shape index (κ1) is 27.3. The minimum atomic E-state index is -4.54. The van der Waals surface area contributed by atoms with E-state index in [1.54, 1.807) is 43.3 Å². The number of rotatable bonds is 7. The number of azo groups is 1. The molecule has 3 N–H and O–H groups in total. The summed E-state index contributed by atoms with van der Waals surface area (Å²) in [5.74, 6) is -0.655. The van der Waals surface area contributed by atoms with Crippen LogP contribution in [-0.4, -0.2) is 30.6 Å². The number of amides is 1. The van der Waals surface area contributed by atoms with Gasteiger partial charge < -0.3 is 15.2 Å². The number of carbonyl (C=O) groups is 1. The first-order valence-electron chi connectivity index (χ1n) is 11.2. The van der Waals surface area contributed by atoms with E-state index in [1.807, 2.05) is 0 Å². The average Bonchev–Trinajstić information content (AvgIpc) is 2.83. The summed E-state index contributed by atoms with van der Waals surface area (Å²) >= 11 is 12.2. The van der Waals surface area contributed by atoms with Gasteiger partial charge in [-0.2, -0.15) is 13.5 Å². The molecular weight excluding hydrogens is 553 g/mol. The van der Waals surface area contributed by atoms with Crippen molar-refractivity contribution in [2.75, 3.05) is 11.9 Å². The van der Waals surface area contributed by atoms with Gasteiger partial charge in [0, 0.05) is 10.4 Å². The Labute approximate surface area is 228 Å². The lowest BCUT2D eigenvalue weighted by Crippen LogP contribution is -2.13. The van der Waals surface area contributed by atoms with Crippen LogP contribution in [0.1, 0.15) is 22.8 Å². The highest BCUT2D eigenvalue weighted by molar-refractivity contribution is 7.86. The molecule has 4 aromatic carbocycles. The van der Waals surface area contributed by atoms with Crippen molar-refractivity contribution in [2.45, 2.75) is 18.7 Å². The van der Waals surface area contributed by atoms with Gasteiger partial charge in [-0.1, -0.05) is 47.5 Å². The maximum absolute atomic E-state index is 13.3. The molecule has 196 valence electrons. The maximum Gasteiger partial charge on any atom is 0.296 e. The van der Waals surface area contributed by atoms with E-state index < -0.39 is 26.7 Å². The van der Waals surface area contributed by atoms with E-state index in [0.29, 0.717) is 33.8 Å². The van der Waals surface area contributed by atoms with Crippen molar-refractivity contribution < 1.29 is 27.6 Å². The molecule has 0 bridgehead atoms. The highest BCUT2D eigenvalue weighted by Gasteiger charge is 2.21. The Morgan fingerprint density at radius 2 is 1.79 bits per heavy atom. The standard InChI is InChI=1S/C26H21Cl2N3O6S/c1-3-37-22-9-8-16(27)12-21(22)29-26(33)19-11-15-6-4-5-7-18(15)23(24(19)32)31-30-17-10-14(2)25(20(28)13-17)38(34,35)36/h4-13,32H,3H2,1-2H3,(H,29,33)(H,34,35,36). The molecule has 9 nitrogen and oxygen atoms in total. The molecule has 0 aliphatic carbocycles. The maximum atomic E-state index is 13.3. The van der Waals surface area contributed by atoms with Crippen LogP contribution in [0.4, 0.5) is 17.1 Å². The van der Waals surface area contributed by atoms with Crippen molar-refractivity contribution in [3.05, 3.63) is 81.8 Å². The van der Waals surface area contributed by atoms with Gasteiger partial charge in [-0.15, -0.1) is 5.11 Å². The molecule has 38 heavy (non-hydrogen) atoms. The number of ether oxygens (including phenoxy) is 1. The normalized spacial score (nSPS) is 11.7. The zero-order chi connectivity index (χ0) is 27.6. The van der Waals surface area contributed by atoms with Crippen molar-refractivity contribution in [3.63, 3.8) is 0 Å². The van der Waals surface area contributed by atoms with Crippen molar-refractivity contribution in [1.29, 1.82) is 0 Å². The van der Waals surface area contributed by atoms with Crippen molar-refractivity contribution in [2.24, 2.45) is 10.2 Å². The number of benzene rings is 4. The van der Waals surface area contributed by atoms with E-state index >= 15 is 0 Å². The van der Waals surface area contributed by atoms with Crippen LogP contribution in [-0.2, 0) is 10.1 Å². The summed E-state index contributed by atoms with van der Waals surface area (Å²) in [6, 6.07) is 15.8. The topological polar surface area (TPSA) is 138 Å². The highest BCUT2D eigenvalue weighted by atomic mass is 35.5. The minimum absolute atomic E-state index is 0.0111. The molecule has 0 saturated heterocycles. The molecule has 0 aliphatic rings. The van der Waals surface area contributed by atoms with Crippen molar-refractivity contribution in [1.82, 2.24) is 0 Å². The number of hydrogen-bond acceptors (Lipinski definition) is 7. The predicted molar refractivity (Wildman–Crippen MR) is 146 cm³/mol. The summed E-state index contributed by atoms with van der Waals surface area (Å²) in [4.78, 5) is 12.8. The van der Waals surface area contributed by atoms with Crippen LogP contribution in [0.2, 0.25) is 10.0 Å². The van der Waals surface area contributed by atoms with Gasteiger partial charge in [0.1, 0.15) is 16.3 Å². The molecule has 0 unspecified atom stereocenters. The number of nitrogens with zero attached hydrogens (tertiary/aromatic N) is 2. The van der Waals surface area contributed by atoms with Gasteiger partial charge in [-0.25, -0.2) is 0 Å². The van der Waals surface area contributed by atoms with Crippen molar-refractivity contribution >= 4 is 67.1 Å². The molecule has 0 heterocycles. The lowest BCUT2D eigenvalue weighted by molar-refractivity contribution is 0.102. The number of halogens is 2. The molecular formula is C26H21Cl2N3O6S. The predicted octanol–water partition coefficient (Wildman–Crippen LogP) is 7.47. The fourth-order valence-electron chi connectivity index (χ4n) is 3.87. The van der Waals surface area contributed by atoms with Crippen LogP contribution in [0.15, 0.2) is 75.8 Å². The number of phenols is 1. The number of fused-ring (bicyclic) bond motifs is 1. The van der Waals surface area contributed by atoms with E-state index in [9.17, 15) is 22.9 Å². The van der Waals surface area contributed by atoms with Crippen LogP contribution in [0.5, 0.6) is 11.5 Å². The lowest BCUT2D eigenvalue weighted by atomic mass is 10.0. The summed E-state index contributed by atoms with van der Waals surface area (Å²) in [6.45, 7) is 3.61. The molecule has 0 spiro atoms. The Morgan fingerprint density at radius 1 is 1.05 bits per heavy atom. The Morgan fingerprint density at radius 3 is 2.47 bits per heavy atom. The molecule has 0 aromatic heterocycles.